The van der Waals surface area contributed by atoms with Gasteiger partial charge in [-0.05, 0) is 18.2 Å². The number of benzene rings is 2. The van der Waals surface area contributed by atoms with Crippen LogP contribution >= 0.6 is 0 Å². The summed E-state index contributed by atoms with van der Waals surface area (Å²) >= 11 is 0. The van der Waals surface area contributed by atoms with Crippen LogP contribution in [0.3, 0.4) is 0 Å². The molecule has 3 heterocycles. The zero-order valence-corrected chi connectivity index (χ0v) is 20.0. The molecule has 1 aliphatic heterocycles. The Kier molecular flexibility index (Phi) is 7.15. The Labute approximate surface area is 215 Å². The molecule has 1 unspecified atom stereocenters. The summed E-state index contributed by atoms with van der Waals surface area (Å²) in [5.41, 5.74) is 2.17. The van der Waals surface area contributed by atoms with Gasteiger partial charge in [0.1, 0.15) is 17.7 Å². The lowest BCUT2D eigenvalue weighted by molar-refractivity contribution is -0.384. The second-order valence-electron chi connectivity index (χ2n) is 8.47. The molecule has 1 fully saturated rings. The molecule has 0 saturated carbocycles. The van der Waals surface area contributed by atoms with Crippen molar-refractivity contribution in [2.75, 3.05) is 36.5 Å². The Hall–Kier alpha value is -4.94. The van der Waals surface area contributed by atoms with Gasteiger partial charge in [0.2, 0.25) is 0 Å². The quantitative estimate of drug-likeness (QED) is 0.196. The number of alkyl halides is 1. The van der Waals surface area contributed by atoms with Crippen molar-refractivity contribution in [3.05, 3.63) is 82.8 Å². The van der Waals surface area contributed by atoms with Crippen LogP contribution < -0.4 is 15.0 Å². The summed E-state index contributed by atoms with van der Waals surface area (Å²) in [5, 5.41) is 21.8. The van der Waals surface area contributed by atoms with E-state index in [1.54, 1.807) is 6.07 Å². The molecular formula is C25H23FN6O6. The lowest BCUT2D eigenvalue weighted by Crippen LogP contribution is -2.54. The number of halogens is 1. The van der Waals surface area contributed by atoms with Crippen LogP contribution in [0, 0.1) is 10.1 Å². The van der Waals surface area contributed by atoms with Crippen LogP contribution in [-0.2, 0) is 11.3 Å². The maximum Gasteiger partial charge on any atom is 0.273 e. The van der Waals surface area contributed by atoms with Crippen molar-refractivity contribution >= 4 is 23.1 Å². The zero-order chi connectivity index (χ0) is 26.5. The van der Waals surface area contributed by atoms with Crippen LogP contribution in [0.25, 0.3) is 11.3 Å². The minimum Gasteiger partial charge on any atom is -0.484 e. The number of non-ortho nitro benzene ring substituents is 1. The standard InChI is InChI=1S/C25H23FN6O6/c26-23-15-30(9-10-31(23)25(33)16-36-20-3-1-2-19(12-20)32(34)35)18-6-4-17(5-7-18)22-13-21(38-28-22)14-27-24-8-11-37-29-24/h1-8,11-13,23H,9-10,14-16H2,(H,27,29). The van der Waals surface area contributed by atoms with E-state index in [0.29, 0.717) is 30.4 Å². The van der Waals surface area contributed by atoms with Gasteiger partial charge in [-0.2, -0.15) is 0 Å². The minimum absolute atomic E-state index is 0.00369. The Morgan fingerprint density at radius 3 is 2.74 bits per heavy atom. The van der Waals surface area contributed by atoms with E-state index in [-0.39, 0.29) is 24.5 Å². The largest absolute Gasteiger partial charge is 0.484 e. The molecular weight excluding hydrogens is 499 g/mol. The summed E-state index contributed by atoms with van der Waals surface area (Å²) in [6.07, 6.45) is -0.0594. The first-order valence-electron chi connectivity index (χ1n) is 11.7. The molecule has 1 saturated heterocycles. The van der Waals surface area contributed by atoms with Crippen molar-refractivity contribution in [3.63, 3.8) is 0 Å². The molecule has 2 aromatic heterocycles. The van der Waals surface area contributed by atoms with Gasteiger partial charge in [-0.15, -0.1) is 0 Å². The Balaban J connectivity index is 1.13. The molecule has 38 heavy (non-hydrogen) atoms. The molecule has 1 amide bonds. The van der Waals surface area contributed by atoms with E-state index < -0.39 is 23.7 Å². The first-order chi connectivity index (χ1) is 18.5. The number of nitrogens with zero attached hydrogens (tertiary/aromatic N) is 5. The van der Waals surface area contributed by atoms with Crippen LogP contribution in [0.2, 0.25) is 0 Å². The van der Waals surface area contributed by atoms with Gasteiger partial charge >= 0.3 is 0 Å². The van der Waals surface area contributed by atoms with Crippen LogP contribution in [0.15, 0.2) is 76.0 Å². The van der Waals surface area contributed by atoms with Crippen molar-refractivity contribution in [3.8, 4) is 17.0 Å². The third-order valence-electron chi connectivity index (χ3n) is 6.00. The minimum atomic E-state index is -1.53. The fourth-order valence-electron chi connectivity index (χ4n) is 4.03. The molecule has 1 N–H and O–H groups in total. The summed E-state index contributed by atoms with van der Waals surface area (Å²) in [6.45, 7) is 0.595. The lowest BCUT2D eigenvalue weighted by Gasteiger charge is -2.38. The van der Waals surface area contributed by atoms with E-state index in [4.69, 9.17) is 13.8 Å². The molecule has 4 aromatic rings. The highest BCUT2D eigenvalue weighted by molar-refractivity contribution is 5.78. The average Bonchev–Trinajstić information content (AvgIpc) is 3.63. The van der Waals surface area contributed by atoms with E-state index in [1.165, 1.54) is 30.5 Å². The molecule has 1 aliphatic rings. The van der Waals surface area contributed by atoms with Gasteiger partial charge < -0.3 is 28.9 Å². The van der Waals surface area contributed by atoms with Crippen LogP contribution in [0.4, 0.5) is 21.6 Å². The van der Waals surface area contributed by atoms with Crippen molar-refractivity contribution in [1.82, 2.24) is 15.2 Å². The fraction of sp³-hybridized carbons (Fsp3) is 0.240. The third-order valence-corrected chi connectivity index (χ3v) is 6.00. The van der Waals surface area contributed by atoms with E-state index in [1.807, 2.05) is 35.2 Å². The van der Waals surface area contributed by atoms with Crippen molar-refractivity contribution in [2.45, 2.75) is 12.8 Å². The molecule has 0 radical (unpaired) electrons. The van der Waals surface area contributed by atoms with Crippen molar-refractivity contribution in [1.29, 1.82) is 0 Å². The van der Waals surface area contributed by atoms with Gasteiger partial charge in [0.25, 0.3) is 11.6 Å². The molecule has 12 nitrogen and oxygen atoms in total. The van der Waals surface area contributed by atoms with E-state index in [2.05, 4.69) is 15.6 Å². The summed E-state index contributed by atoms with van der Waals surface area (Å²) in [4.78, 5) is 25.8. The molecule has 5 rings (SSSR count). The highest BCUT2D eigenvalue weighted by atomic mass is 19.1. The van der Waals surface area contributed by atoms with Crippen LogP contribution in [0.1, 0.15) is 5.76 Å². The first-order valence-corrected chi connectivity index (χ1v) is 11.7. The molecule has 13 heteroatoms. The fourth-order valence-corrected chi connectivity index (χ4v) is 4.03. The normalized spacial score (nSPS) is 15.3. The van der Waals surface area contributed by atoms with E-state index in [0.717, 1.165) is 16.2 Å². The number of nitro benzene ring substituents is 1. The first kappa shape index (κ1) is 24.7. The molecule has 0 aliphatic carbocycles. The van der Waals surface area contributed by atoms with Crippen molar-refractivity contribution < 1.29 is 27.9 Å². The summed E-state index contributed by atoms with van der Waals surface area (Å²) < 4.78 is 30.4. The predicted octanol–water partition coefficient (Wildman–Crippen LogP) is 3.87. The number of rotatable bonds is 9. The Morgan fingerprint density at radius 2 is 2.00 bits per heavy atom. The number of nitro groups is 1. The number of hydrogen-bond donors (Lipinski definition) is 1. The number of ether oxygens (including phenoxy) is 1. The monoisotopic (exact) mass is 522 g/mol. The predicted molar refractivity (Wildman–Crippen MR) is 133 cm³/mol. The average molecular weight is 522 g/mol. The molecule has 2 aromatic carbocycles. The topological polar surface area (TPSA) is 140 Å². The van der Waals surface area contributed by atoms with Gasteiger partial charge in [0, 0.05) is 42.5 Å². The maximum atomic E-state index is 14.9. The second-order valence-corrected chi connectivity index (χ2v) is 8.47. The van der Waals surface area contributed by atoms with E-state index in [9.17, 15) is 19.3 Å². The summed E-state index contributed by atoms with van der Waals surface area (Å²) in [5.74, 6) is 0.865. The number of amides is 1. The Bertz CT molecular complexity index is 1390. The second kappa shape index (κ2) is 11.0. The number of carbonyl (C=O) groups is 1. The SMILES string of the molecule is O=C(COc1cccc([N+](=O)[O-])c1)N1CCN(c2ccc(-c3cc(CNc4ccon4)on3)cc2)CC1F. The number of nitrogens with one attached hydrogen (secondary N) is 1. The highest BCUT2D eigenvalue weighted by Crippen LogP contribution is 2.26. The number of anilines is 2. The summed E-state index contributed by atoms with van der Waals surface area (Å²) in [6, 6.07) is 16.5. The lowest BCUT2D eigenvalue weighted by atomic mass is 10.1. The van der Waals surface area contributed by atoms with Crippen LogP contribution in [-0.4, -0.2) is 58.6 Å². The molecule has 0 bridgehead atoms. The number of hydrogen-bond acceptors (Lipinski definition) is 10. The van der Waals surface area contributed by atoms with E-state index >= 15 is 0 Å². The smallest absolute Gasteiger partial charge is 0.273 e. The van der Waals surface area contributed by atoms with Gasteiger partial charge in [0.15, 0.2) is 24.5 Å². The van der Waals surface area contributed by atoms with Gasteiger partial charge in [0.05, 0.1) is 24.1 Å². The van der Waals surface area contributed by atoms with Crippen molar-refractivity contribution in [2.24, 2.45) is 0 Å². The van der Waals surface area contributed by atoms with Crippen LogP contribution in [0.5, 0.6) is 5.75 Å². The molecule has 196 valence electrons. The highest BCUT2D eigenvalue weighted by Gasteiger charge is 2.30. The van der Waals surface area contributed by atoms with Gasteiger partial charge in [-0.25, -0.2) is 4.39 Å². The Morgan fingerprint density at radius 1 is 1.16 bits per heavy atom. The third kappa shape index (κ3) is 5.72. The number of carbonyl (C=O) groups excluding carboxylic acids is 1. The van der Waals surface area contributed by atoms with Gasteiger partial charge in [-0.3, -0.25) is 14.9 Å². The molecule has 1 atom stereocenters. The maximum absolute atomic E-state index is 14.9. The number of piperazine rings is 1. The van der Waals surface area contributed by atoms with Gasteiger partial charge in [-0.1, -0.05) is 28.5 Å². The zero-order valence-electron chi connectivity index (χ0n) is 20.0. The molecule has 0 spiro atoms. The summed E-state index contributed by atoms with van der Waals surface area (Å²) in [7, 11) is 0. The number of aromatic nitrogens is 2.